The molecule has 0 aromatic rings. The van der Waals surface area contributed by atoms with Crippen molar-refractivity contribution >= 4 is 11.8 Å². The van der Waals surface area contributed by atoms with Crippen molar-refractivity contribution in [2.75, 3.05) is 13.4 Å². The van der Waals surface area contributed by atoms with Crippen LogP contribution in [-0.2, 0) is 4.74 Å². The van der Waals surface area contributed by atoms with Crippen LogP contribution in [0, 0.1) is 0 Å². The number of methoxy groups -OCH3 is 1. The SMILES string of the molecule is COC1CCC(NC2CCCC(SC)C2)CC1. The van der Waals surface area contributed by atoms with Crippen molar-refractivity contribution < 1.29 is 4.74 Å². The number of ether oxygens (including phenoxy) is 1. The molecular weight excluding hydrogens is 230 g/mol. The fraction of sp³-hybridized carbons (Fsp3) is 1.00. The summed E-state index contributed by atoms with van der Waals surface area (Å²) in [4.78, 5) is 0. The standard InChI is InChI=1S/C14H27NOS/c1-16-13-8-6-11(7-9-13)15-12-4-3-5-14(10-12)17-2/h11-15H,3-10H2,1-2H3. The summed E-state index contributed by atoms with van der Waals surface area (Å²) >= 11 is 2.06. The predicted octanol–water partition coefficient (Wildman–Crippen LogP) is 3.21. The zero-order valence-electron chi connectivity index (χ0n) is 11.3. The number of rotatable bonds is 4. The lowest BCUT2D eigenvalue weighted by molar-refractivity contribution is 0.0604. The highest BCUT2D eigenvalue weighted by molar-refractivity contribution is 7.99. The van der Waals surface area contributed by atoms with E-state index in [0.29, 0.717) is 6.10 Å². The van der Waals surface area contributed by atoms with Crippen molar-refractivity contribution in [2.45, 2.75) is 74.8 Å². The van der Waals surface area contributed by atoms with E-state index in [1.54, 1.807) is 0 Å². The lowest BCUT2D eigenvalue weighted by atomic mass is 9.89. The molecule has 0 aliphatic heterocycles. The highest BCUT2D eigenvalue weighted by atomic mass is 32.2. The molecule has 0 heterocycles. The Morgan fingerprint density at radius 2 is 1.76 bits per heavy atom. The van der Waals surface area contributed by atoms with Gasteiger partial charge in [0.15, 0.2) is 0 Å². The van der Waals surface area contributed by atoms with Gasteiger partial charge in [0.1, 0.15) is 0 Å². The first kappa shape index (κ1) is 13.7. The Morgan fingerprint density at radius 3 is 2.41 bits per heavy atom. The second-order valence-corrected chi connectivity index (χ2v) is 6.74. The molecule has 0 amide bonds. The van der Waals surface area contributed by atoms with Crippen LogP contribution >= 0.6 is 11.8 Å². The van der Waals surface area contributed by atoms with Crippen LogP contribution in [0.3, 0.4) is 0 Å². The average molecular weight is 257 g/mol. The van der Waals surface area contributed by atoms with E-state index in [0.717, 1.165) is 17.3 Å². The van der Waals surface area contributed by atoms with Gasteiger partial charge in [0, 0.05) is 24.4 Å². The zero-order chi connectivity index (χ0) is 12.1. The van der Waals surface area contributed by atoms with Gasteiger partial charge < -0.3 is 10.1 Å². The first-order chi connectivity index (χ1) is 8.31. The van der Waals surface area contributed by atoms with Crippen molar-refractivity contribution in [1.82, 2.24) is 5.32 Å². The zero-order valence-corrected chi connectivity index (χ0v) is 12.1. The predicted molar refractivity (Wildman–Crippen MR) is 75.7 cm³/mol. The summed E-state index contributed by atoms with van der Waals surface area (Å²) in [5.74, 6) is 0. The Balaban J connectivity index is 1.70. The monoisotopic (exact) mass is 257 g/mol. The third kappa shape index (κ3) is 4.15. The van der Waals surface area contributed by atoms with Crippen LogP contribution < -0.4 is 5.32 Å². The third-order valence-corrected chi connectivity index (χ3v) is 5.53. The van der Waals surface area contributed by atoms with Crippen LogP contribution in [0.25, 0.3) is 0 Å². The van der Waals surface area contributed by atoms with Crippen LogP contribution in [0.15, 0.2) is 0 Å². The molecule has 0 aromatic heterocycles. The van der Waals surface area contributed by atoms with Crippen molar-refractivity contribution in [2.24, 2.45) is 0 Å². The number of thioether (sulfide) groups is 1. The molecule has 0 radical (unpaired) electrons. The van der Waals surface area contributed by atoms with Crippen molar-refractivity contribution in [1.29, 1.82) is 0 Å². The molecular formula is C14H27NOS. The van der Waals surface area contributed by atoms with Gasteiger partial charge in [-0.3, -0.25) is 0 Å². The maximum Gasteiger partial charge on any atom is 0.0572 e. The van der Waals surface area contributed by atoms with E-state index in [2.05, 4.69) is 23.3 Å². The molecule has 2 rings (SSSR count). The van der Waals surface area contributed by atoms with Crippen LogP contribution in [-0.4, -0.2) is 36.8 Å². The van der Waals surface area contributed by atoms with E-state index in [9.17, 15) is 0 Å². The summed E-state index contributed by atoms with van der Waals surface area (Å²) in [6.45, 7) is 0. The van der Waals surface area contributed by atoms with E-state index >= 15 is 0 Å². The molecule has 0 spiro atoms. The van der Waals surface area contributed by atoms with E-state index in [-0.39, 0.29) is 0 Å². The Morgan fingerprint density at radius 1 is 1.00 bits per heavy atom. The minimum atomic E-state index is 0.526. The molecule has 2 saturated carbocycles. The van der Waals surface area contributed by atoms with Crippen LogP contribution in [0.4, 0.5) is 0 Å². The normalized spacial score (nSPS) is 39.2. The van der Waals surface area contributed by atoms with Gasteiger partial charge in [0.2, 0.25) is 0 Å². The fourth-order valence-corrected chi connectivity index (χ4v) is 4.14. The quantitative estimate of drug-likeness (QED) is 0.835. The Hall–Kier alpha value is 0.270. The first-order valence-corrected chi connectivity index (χ1v) is 8.42. The van der Waals surface area contributed by atoms with Gasteiger partial charge in [-0.15, -0.1) is 0 Å². The highest BCUT2D eigenvalue weighted by Crippen LogP contribution is 2.28. The summed E-state index contributed by atoms with van der Waals surface area (Å²) in [5.41, 5.74) is 0. The third-order valence-electron chi connectivity index (χ3n) is 4.44. The number of hydrogen-bond acceptors (Lipinski definition) is 3. The maximum absolute atomic E-state index is 5.43. The molecule has 0 bridgehead atoms. The fourth-order valence-electron chi connectivity index (χ4n) is 3.31. The molecule has 2 aliphatic rings. The molecule has 2 aliphatic carbocycles. The second-order valence-electron chi connectivity index (χ2n) is 5.60. The van der Waals surface area contributed by atoms with E-state index in [1.807, 2.05) is 7.11 Å². The van der Waals surface area contributed by atoms with Gasteiger partial charge in [0.25, 0.3) is 0 Å². The molecule has 17 heavy (non-hydrogen) atoms. The largest absolute Gasteiger partial charge is 0.381 e. The Bertz CT molecular complexity index is 216. The summed E-state index contributed by atoms with van der Waals surface area (Å²) < 4.78 is 5.43. The minimum Gasteiger partial charge on any atom is -0.381 e. The Labute approximate surface area is 110 Å². The van der Waals surface area contributed by atoms with Crippen LogP contribution in [0.1, 0.15) is 51.4 Å². The number of hydrogen-bond donors (Lipinski definition) is 1. The summed E-state index contributed by atoms with van der Waals surface area (Å²) in [5, 5.41) is 4.80. The highest BCUT2D eigenvalue weighted by Gasteiger charge is 2.26. The summed E-state index contributed by atoms with van der Waals surface area (Å²) in [6.07, 6.45) is 13.5. The van der Waals surface area contributed by atoms with Gasteiger partial charge in [-0.1, -0.05) is 6.42 Å². The molecule has 2 atom stereocenters. The minimum absolute atomic E-state index is 0.526. The maximum atomic E-state index is 5.43. The van der Waals surface area contributed by atoms with Gasteiger partial charge in [0.05, 0.1) is 6.10 Å². The first-order valence-electron chi connectivity index (χ1n) is 7.13. The summed E-state index contributed by atoms with van der Waals surface area (Å²) in [6, 6.07) is 1.54. The molecule has 1 N–H and O–H groups in total. The van der Waals surface area contributed by atoms with Crippen LogP contribution in [0.5, 0.6) is 0 Å². The molecule has 3 heteroatoms. The lowest BCUT2D eigenvalue weighted by Gasteiger charge is -2.35. The van der Waals surface area contributed by atoms with Crippen molar-refractivity contribution in [3.63, 3.8) is 0 Å². The lowest BCUT2D eigenvalue weighted by Crippen LogP contribution is -2.44. The van der Waals surface area contributed by atoms with E-state index in [4.69, 9.17) is 4.74 Å². The van der Waals surface area contributed by atoms with Crippen LogP contribution in [0.2, 0.25) is 0 Å². The van der Waals surface area contributed by atoms with E-state index in [1.165, 1.54) is 51.4 Å². The van der Waals surface area contributed by atoms with Gasteiger partial charge in [-0.2, -0.15) is 11.8 Å². The number of nitrogens with one attached hydrogen (secondary N) is 1. The molecule has 2 nitrogen and oxygen atoms in total. The molecule has 2 fully saturated rings. The van der Waals surface area contributed by atoms with Gasteiger partial charge in [-0.25, -0.2) is 0 Å². The van der Waals surface area contributed by atoms with Crippen molar-refractivity contribution in [3.05, 3.63) is 0 Å². The Kier molecular flexibility index (Phi) is 5.64. The smallest absolute Gasteiger partial charge is 0.0572 e. The molecule has 100 valence electrons. The summed E-state index contributed by atoms with van der Waals surface area (Å²) in [7, 11) is 1.85. The van der Waals surface area contributed by atoms with Gasteiger partial charge >= 0.3 is 0 Å². The van der Waals surface area contributed by atoms with E-state index < -0.39 is 0 Å². The molecule has 0 aromatic carbocycles. The second kappa shape index (κ2) is 7.01. The molecule has 2 unspecified atom stereocenters. The van der Waals surface area contributed by atoms with Crippen molar-refractivity contribution in [3.8, 4) is 0 Å². The average Bonchev–Trinajstić information content (AvgIpc) is 2.40. The molecule has 0 saturated heterocycles. The topological polar surface area (TPSA) is 21.3 Å². The van der Waals surface area contributed by atoms with Gasteiger partial charge in [-0.05, 0) is 51.2 Å².